The van der Waals surface area contributed by atoms with Crippen molar-refractivity contribution in [3.8, 4) is 5.88 Å². The van der Waals surface area contributed by atoms with E-state index in [1.165, 1.54) is 12.3 Å². The van der Waals surface area contributed by atoms with Gasteiger partial charge in [-0.15, -0.1) is 0 Å². The van der Waals surface area contributed by atoms with Crippen molar-refractivity contribution in [3.63, 3.8) is 0 Å². The van der Waals surface area contributed by atoms with Gasteiger partial charge in [0.25, 0.3) is 10.0 Å². The molecule has 1 N–H and O–H groups in total. The molecule has 0 saturated heterocycles. The smallest absolute Gasteiger partial charge is 0.263 e. The van der Waals surface area contributed by atoms with Gasteiger partial charge in [0.2, 0.25) is 5.88 Å². The largest absolute Gasteiger partial charge is 0.478 e. The molecule has 1 aromatic carbocycles. The number of anilines is 1. The number of hydrogen-bond acceptors (Lipinski definition) is 4. The number of rotatable bonds is 5. The molecule has 0 saturated carbocycles. The molecule has 1 aromatic heterocycles. The topological polar surface area (TPSA) is 68.3 Å². The Morgan fingerprint density at radius 1 is 1.24 bits per heavy atom. The zero-order valence-corrected chi connectivity index (χ0v) is 15.0. The van der Waals surface area contributed by atoms with E-state index < -0.39 is 10.0 Å². The molecular formula is C13H12Br2N2O3S. The molecule has 0 atom stereocenters. The number of sulfonamides is 1. The van der Waals surface area contributed by atoms with E-state index in [1.807, 2.05) is 6.92 Å². The van der Waals surface area contributed by atoms with Gasteiger partial charge in [0, 0.05) is 15.0 Å². The Balaban J connectivity index is 2.26. The van der Waals surface area contributed by atoms with Gasteiger partial charge in [0.1, 0.15) is 4.90 Å². The van der Waals surface area contributed by atoms with Crippen LogP contribution >= 0.6 is 31.9 Å². The summed E-state index contributed by atoms with van der Waals surface area (Å²) in [5.74, 6) is 0.448. The van der Waals surface area contributed by atoms with Gasteiger partial charge < -0.3 is 4.74 Å². The number of hydrogen-bond donors (Lipinski definition) is 1. The fourth-order valence-electron chi connectivity index (χ4n) is 1.57. The number of ether oxygens (including phenoxy) is 1. The number of nitrogens with zero attached hydrogens (tertiary/aromatic N) is 1. The minimum Gasteiger partial charge on any atom is -0.478 e. The summed E-state index contributed by atoms with van der Waals surface area (Å²) in [6, 6.07) is 8.14. The van der Waals surface area contributed by atoms with Gasteiger partial charge in [-0.3, -0.25) is 4.72 Å². The maximum atomic E-state index is 12.4. The number of benzene rings is 1. The molecule has 2 rings (SSSR count). The molecule has 2 aromatic rings. The lowest BCUT2D eigenvalue weighted by atomic mass is 10.4. The molecule has 0 bridgehead atoms. The average Bonchev–Trinajstić information content (AvgIpc) is 2.43. The average molecular weight is 436 g/mol. The van der Waals surface area contributed by atoms with E-state index >= 15 is 0 Å². The highest BCUT2D eigenvalue weighted by Crippen LogP contribution is 2.27. The van der Waals surface area contributed by atoms with Crippen LogP contribution in [-0.4, -0.2) is 20.0 Å². The number of pyridine rings is 1. The lowest BCUT2D eigenvalue weighted by Gasteiger charge is -2.10. The monoisotopic (exact) mass is 434 g/mol. The first-order chi connectivity index (χ1) is 9.92. The Morgan fingerprint density at radius 2 is 2.00 bits per heavy atom. The third kappa shape index (κ3) is 4.18. The molecule has 0 radical (unpaired) electrons. The minimum atomic E-state index is -3.70. The van der Waals surface area contributed by atoms with Crippen molar-refractivity contribution in [1.82, 2.24) is 4.98 Å². The molecule has 0 aliphatic rings. The third-order valence-electron chi connectivity index (χ3n) is 2.46. The zero-order valence-electron chi connectivity index (χ0n) is 11.0. The first kappa shape index (κ1) is 16.3. The van der Waals surface area contributed by atoms with Crippen LogP contribution in [0.4, 0.5) is 5.69 Å². The maximum Gasteiger partial charge on any atom is 0.263 e. The van der Waals surface area contributed by atoms with E-state index in [0.29, 0.717) is 27.1 Å². The fourth-order valence-corrected chi connectivity index (χ4v) is 4.11. The number of aromatic nitrogens is 1. The molecule has 0 unspecified atom stereocenters. The van der Waals surface area contributed by atoms with Crippen LogP contribution in [0.1, 0.15) is 6.92 Å². The second-order valence-corrected chi connectivity index (χ2v) is 7.42. The van der Waals surface area contributed by atoms with Gasteiger partial charge >= 0.3 is 0 Å². The second kappa shape index (κ2) is 6.76. The van der Waals surface area contributed by atoms with E-state index in [-0.39, 0.29) is 4.90 Å². The highest BCUT2D eigenvalue weighted by Gasteiger charge is 2.18. The summed E-state index contributed by atoms with van der Waals surface area (Å²) in [4.78, 5) is 4.16. The van der Waals surface area contributed by atoms with Crippen molar-refractivity contribution in [2.24, 2.45) is 0 Å². The van der Waals surface area contributed by atoms with Crippen LogP contribution in [0.3, 0.4) is 0 Å². The molecule has 8 heteroatoms. The summed E-state index contributed by atoms with van der Waals surface area (Å²) in [5.41, 5.74) is 0.366. The van der Waals surface area contributed by atoms with E-state index in [9.17, 15) is 8.42 Å². The SMILES string of the molecule is CCOc1ccc(NS(=O)(=O)c2cc(Br)ccc2Br)cn1. The van der Waals surface area contributed by atoms with Gasteiger partial charge in [-0.05, 0) is 47.1 Å². The first-order valence-electron chi connectivity index (χ1n) is 5.99. The zero-order chi connectivity index (χ0) is 15.5. The fraction of sp³-hybridized carbons (Fsp3) is 0.154. The molecule has 0 aliphatic heterocycles. The maximum absolute atomic E-state index is 12.4. The van der Waals surface area contributed by atoms with Crippen LogP contribution in [0, 0.1) is 0 Å². The van der Waals surface area contributed by atoms with Crippen LogP contribution in [0.2, 0.25) is 0 Å². The van der Waals surface area contributed by atoms with Crippen LogP contribution in [0.15, 0.2) is 50.4 Å². The predicted molar refractivity (Wildman–Crippen MR) is 88.1 cm³/mol. The van der Waals surface area contributed by atoms with Gasteiger partial charge in [0.15, 0.2) is 0 Å². The summed E-state index contributed by atoms with van der Waals surface area (Å²) in [7, 11) is -3.70. The predicted octanol–water partition coefficient (Wildman–Crippen LogP) is 3.81. The Labute approximate surface area is 140 Å². The Morgan fingerprint density at radius 3 is 2.62 bits per heavy atom. The van der Waals surface area contributed by atoms with Crippen LogP contribution in [-0.2, 0) is 10.0 Å². The molecule has 0 amide bonds. The third-order valence-corrected chi connectivity index (χ3v) is 5.33. The summed E-state index contributed by atoms with van der Waals surface area (Å²) >= 11 is 6.50. The van der Waals surface area contributed by atoms with Crippen molar-refractivity contribution in [1.29, 1.82) is 0 Å². The lowest BCUT2D eigenvalue weighted by molar-refractivity contribution is 0.327. The van der Waals surface area contributed by atoms with E-state index in [0.717, 1.165) is 0 Å². The summed E-state index contributed by atoms with van der Waals surface area (Å²) in [6.45, 7) is 2.35. The molecule has 0 spiro atoms. The molecule has 0 fully saturated rings. The van der Waals surface area contributed by atoms with Crippen molar-refractivity contribution < 1.29 is 13.2 Å². The van der Waals surface area contributed by atoms with Crippen molar-refractivity contribution in [3.05, 3.63) is 45.5 Å². The molecule has 5 nitrogen and oxygen atoms in total. The minimum absolute atomic E-state index is 0.144. The standard InChI is InChI=1S/C13H12Br2N2O3S/c1-2-20-13-6-4-10(8-16-13)17-21(18,19)12-7-9(14)3-5-11(12)15/h3-8,17H,2H2,1H3. The van der Waals surface area contributed by atoms with Gasteiger partial charge in [-0.2, -0.15) is 0 Å². The summed E-state index contributed by atoms with van der Waals surface area (Å²) in [5, 5.41) is 0. The van der Waals surface area contributed by atoms with E-state index in [1.54, 1.807) is 24.3 Å². The molecule has 1 heterocycles. The molecule has 112 valence electrons. The van der Waals surface area contributed by atoms with Crippen LogP contribution in [0.25, 0.3) is 0 Å². The quantitative estimate of drug-likeness (QED) is 0.775. The summed E-state index contributed by atoms with van der Waals surface area (Å²) < 4.78 is 33.6. The van der Waals surface area contributed by atoms with Gasteiger partial charge in [0.05, 0.1) is 18.5 Å². The Kier molecular flexibility index (Phi) is 5.23. The van der Waals surface area contributed by atoms with Crippen molar-refractivity contribution in [2.45, 2.75) is 11.8 Å². The highest BCUT2D eigenvalue weighted by molar-refractivity contribution is 9.11. The van der Waals surface area contributed by atoms with E-state index in [4.69, 9.17) is 4.74 Å². The van der Waals surface area contributed by atoms with Crippen LogP contribution in [0.5, 0.6) is 5.88 Å². The lowest BCUT2D eigenvalue weighted by Crippen LogP contribution is -2.13. The van der Waals surface area contributed by atoms with Crippen molar-refractivity contribution in [2.75, 3.05) is 11.3 Å². The van der Waals surface area contributed by atoms with Crippen molar-refractivity contribution >= 4 is 47.6 Å². The second-order valence-electron chi connectivity index (χ2n) is 4.00. The number of nitrogens with one attached hydrogen (secondary N) is 1. The van der Waals surface area contributed by atoms with E-state index in [2.05, 4.69) is 41.6 Å². The molecular weight excluding hydrogens is 424 g/mol. The molecule has 21 heavy (non-hydrogen) atoms. The molecule has 0 aliphatic carbocycles. The Hall–Kier alpha value is -1.12. The summed E-state index contributed by atoms with van der Waals surface area (Å²) in [6.07, 6.45) is 1.41. The highest BCUT2D eigenvalue weighted by atomic mass is 79.9. The number of halogens is 2. The normalized spacial score (nSPS) is 11.2. The Bertz CT molecular complexity index is 734. The van der Waals surface area contributed by atoms with Crippen LogP contribution < -0.4 is 9.46 Å². The van der Waals surface area contributed by atoms with Gasteiger partial charge in [-0.1, -0.05) is 15.9 Å². The first-order valence-corrected chi connectivity index (χ1v) is 9.06. The van der Waals surface area contributed by atoms with Gasteiger partial charge in [-0.25, -0.2) is 13.4 Å².